The van der Waals surface area contributed by atoms with Crippen LogP contribution in [0.25, 0.3) is 80.2 Å². The normalized spacial score (nSPS) is 10.3. The number of hydrogen-bond acceptors (Lipinski definition) is 39. The Morgan fingerprint density at radius 3 is 0.830 bits per heavy atom. The molecule has 574 valence electrons. The molecule has 0 atom stereocenters. The van der Waals surface area contributed by atoms with Gasteiger partial charge in [-0.05, 0) is 125 Å². The van der Waals surface area contributed by atoms with Crippen LogP contribution in [0.5, 0.6) is 0 Å². The Hall–Kier alpha value is -13.4. The van der Waals surface area contributed by atoms with Crippen molar-refractivity contribution >= 4 is 0 Å². The Kier molecular flexibility index (Phi) is 37.2. The van der Waals surface area contributed by atoms with Gasteiger partial charge in [0.25, 0.3) is 0 Å². The molecule has 0 aliphatic rings. The van der Waals surface area contributed by atoms with E-state index in [0.717, 1.165) is 153 Å². The zero-order valence-electron chi connectivity index (χ0n) is 62.0. The molecule has 14 N–H and O–H groups in total. The molecule has 4 aromatic carbocycles. The number of aryl methyl sites for hydroxylation is 5. The third kappa shape index (κ3) is 30.3. The highest BCUT2D eigenvalue weighted by atomic mass is 15.3. The standard InChI is InChI=1S/C14H12N6.C13H11N7.C12H16N6.C10H11N5.C9H9N5.C8H15N5.C7H13N5/c15-9-10-4-6-11(7-5-10)13-17-19-14(20-18-13)12-3-1-2-8-16-12;14-8-9-2-4-10(5-3-9)11-17-19-13(20-18-11)12-15-6-1-7-16-12;13-8-4-1-2-7-11-15-17-12(18-16-11)10-6-3-5-9-14-10;1-7-12-14-10(15-13-7)9-4-2-8(6-11)3-5-9;10-5-7-1-3-8(4-2-7)9-13-11-6-12-14-9;1-7-10-12-8(13-11-7)5-3-2-4-6-9;8-5-3-1-2-4-7-11-9-6-10-12-7/h1-8H,9,15H2;1-7H,8,14H2;3,5-6,9H,1-2,4,7-8,13H2;2-5H,6,11H2,1H3;1-4,6H,5,10H2;2-6,9H2,1H3;6H,1-5,8H2. The average molecular weight is 1510 g/mol. The van der Waals surface area contributed by atoms with Gasteiger partial charge in [-0.3, -0.25) is 9.97 Å². The molecule has 39 heteroatoms. The summed E-state index contributed by atoms with van der Waals surface area (Å²) >= 11 is 0. The van der Waals surface area contributed by atoms with Crippen molar-refractivity contribution in [3.05, 3.63) is 228 Å². The number of hydrogen-bond donors (Lipinski definition) is 7. The summed E-state index contributed by atoms with van der Waals surface area (Å²) in [4.78, 5) is 16.4. The number of unbranched alkanes of at least 4 members (excludes halogenated alkanes) is 6. The van der Waals surface area contributed by atoms with Crippen LogP contribution in [0, 0.1) is 13.8 Å². The Morgan fingerprint density at radius 2 is 0.500 bits per heavy atom. The minimum Gasteiger partial charge on any atom is -0.330 e. The second-order valence-electron chi connectivity index (χ2n) is 23.6. The van der Waals surface area contributed by atoms with E-state index < -0.39 is 0 Å². The molecule has 0 aliphatic carbocycles. The molecule has 10 heterocycles. The number of aromatic nitrogens is 32. The molecule has 0 amide bonds. The summed E-state index contributed by atoms with van der Waals surface area (Å²) in [5, 5.41) is 110. The molecule has 0 fully saturated rings. The van der Waals surface area contributed by atoms with Gasteiger partial charge in [0.15, 0.2) is 41.8 Å². The van der Waals surface area contributed by atoms with Crippen molar-refractivity contribution in [3.63, 3.8) is 0 Å². The zero-order chi connectivity index (χ0) is 78.8. The average Bonchev–Trinajstić information content (AvgIpc) is 0.844. The molecule has 14 aromatic rings. The summed E-state index contributed by atoms with van der Waals surface area (Å²) in [6.07, 6.45) is 21.4. The van der Waals surface area contributed by atoms with Crippen molar-refractivity contribution in [2.45, 2.75) is 117 Å². The van der Waals surface area contributed by atoms with E-state index >= 15 is 0 Å². The summed E-state index contributed by atoms with van der Waals surface area (Å²) in [5.41, 5.74) is 47.3. The maximum Gasteiger partial charge on any atom is 0.240 e. The lowest BCUT2D eigenvalue weighted by atomic mass is 10.1. The first-order valence-corrected chi connectivity index (χ1v) is 35.7. The Balaban J connectivity index is 0.000000165. The van der Waals surface area contributed by atoms with E-state index in [2.05, 4.69) is 163 Å². The molecule has 0 saturated carbocycles. The SMILES string of the molecule is Cc1nnc(-c2ccc(CN)cc2)nn1.Cc1nnc(CCCCCN)nn1.NCCCCCc1nnc(-c2ccccn2)nn1.NCCCCCc1nncnn1.NCc1ccc(-c2nnc(-c3ccccn3)nn2)cc1.NCc1ccc(-c2nnc(-c3ncccn3)nn2)cc1.NCc1ccc(-c2nncnn2)cc1. The fraction of sp³-hybridized carbons (Fsp3) is 0.288. The topological polar surface area (TPSA) is 595 Å². The van der Waals surface area contributed by atoms with E-state index in [1.165, 1.54) is 12.7 Å². The largest absolute Gasteiger partial charge is 0.330 e. The van der Waals surface area contributed by atoms with Gasteiger partial charge < -0.3 is 40.1 Å². The molecule has 0 aliphatic heterocycles. The zero-order valence-corrected chi connectivity index (χ0v) is 62.0. The van der Waals surface area contributed by atoms with Crippen molar-refractivity contribution in [2.75, 3.05) is 19.6 Å². The van der Waals surface area contributed by atoms with Gasteiger partial charge >= 0.3 is 0 Å². The van der Waals surface area contributed by atoms with Crippen molar-refractivity contribution in [1.82, 2.24) is 163 Å². The van der Waals surface area contributed by atoms with E-state index in [-0.39, 0.29) is 0 Å². The highest BCUT2D eigenvalue weighted by molar-refractivity contribution is 5.57. The molecule has 10 aromatic heterocycles. The maximum atomic E-state index is 5.56. The second kappa shape index (κ2) is 49.5. The Morgan fingerprint density at radius 1 is 0.223 bits per heavy atom. The van der Waals surface area contributed by atoms with E-state index in [1.807, 2.05) is 133 Å². The van der Waals surface area contributed by atoms with Gasteiger partial charge in [-0.1, -0.05) is 128 Å². The Bertz CT molecular complexity index is 4640. The first-order valence-electron chi connectivity index (χ1n) is 35.7. The predicted octanol–water partition coefficient (Wildman–Crippen LogP) is 4.58. The van der Waals surface area contributed by atoms with Crippen molar-refractivity contribution in [1.29, 1.82) is 0 Å². The molecule has 0 spiro atoms. The minimum absolute atomic E-state index is 0.299. The Labute approximate surface area is 645 Å². The van der Waals surface area contributed by atoms with Crippen molar-refractivity contribution in [2.24, 2.45) is 40.1 Å². The molecule has 14 rings (SSSR count). The second-order valence-corrected chi connectivity index (χ2v) is 23.6. The number of pyridine rings is 2. The fourth-order valence-corrected chi connectivity index (χ4v) is 9.15. The van der Waals surface area contributed by atoms with Gasteiger partial charge in [0.2, 0.25) is 46.6 Å². The molecular weight excluding hydrogens is 1420 g/mol. The molecular formula is C73H87N39. The molecule has 0 bridgehead atoms. The third-order valence-electron chi connectivity index (χ3n) is 15.2. The highest BCUT2D eigenvalue weighted by Gasteiger charge is 2.12. The fourth-order valence-electron chi connectivity index (χ4n) is 9.15. The van der Waals surface area contributed by atoms with E-state index in [9.17, 15) is 0 Å². The first-order chi connectivity index (χ1) is 55.1. The third-order valence-corrected chi connectivity index (χ3v) is 15.2. The van der Waals surface area contributed by atoms with Crippen LogP contribution >= 0.6 is 0 Å². The van der Waals surface area contributed by atoms with Crippen LogP contribution in [0.4, 0.5) is 0 Å². The van der Waals surface area contributed by atoms with Crippen LogP contribution in [0.1, 0.15) is 109 Å². The molecule has 112 heavy (non-hydrogen) atoms. The number of nitrogens with zero attached hydrogens (tertiary/aromatic N) is 32. The quantitative estimate of drug-likeness (QED) is 0.0365. The van der Waals surface area contributed by atoms with E-state index in [1.54, 1.807) is 44.7 Å². The lowest BCUT2D eigenvalue weighted by Gasteiger charge is -2.01. The van der Waals surface area contributed by atoms with Crippen LogP contribution in [0.15, 0.2) is 177 Å². The van der Waals surface area contributed by atoms with Gasteiger partial charge in [0.05, 0.1) is 0 Å². The van der Waals surface area contributed by atoms with Gasteiger partial charge in [-0.2, -0.15) is 0 Å². The van der Waals surface area contributed by atoms with Gasteiger partial charge in [-0.25, -0.2) is 9.97 Å². The van der Waals surface area contributed by atoms with E-state index in [4.69, 9.17) is 40.1 Å². The van der Waals surface area contributed by atoms with Gasteiger partial charge in [-0.15, -0.1) is 143 Å². The van der Waals surface area contributed by atoms with Crippen molar-refractivity contribution < 1.29 is 0 Å². The van der Waals surface area contributed by atoms with Crippen molar-refractivity contribution in [3.8, 4) is 80.2 Å². The summed E-state index contributed by atoms with van der Waals surface area (Å²) in [7, 11) is 0. The summed E-state index contributed by atoms with van der Waals surface area (Å²) in [5.74, 6) is 6.85. The molecule has 0 unspecified atom stereocenters. The number of benzene rings is 4. The lowest BCUT2D eigenvalue weighted by Crippen LogP contribution is -2.04. The van der Waals surface area contributed by atoms with Gasteiger partial charge in [0.1, 0.15) is 11.4 Å². The predicted molar refractivity (Wildman–Crippen MR) is 413 cm³/mol. The van der Waals surface area contributed by atoms with E-state index in [0.29, 0.717) is 102 Å². The smallest absolute Gasteiger partial charge is 0.240 e. The van der Waals surface area contributed by atoms with Gasteiger partial charge in [0, 0.05) is 92.5 Å². The van der Waals surface area contributed by atoms with Crippen LogP contribution in [0.2, 0.25) is 0 Å². The summed E-state index contributed by atoms with van der Waals surface area (Å²) in [6, 6.07) is 43.5. The molecule has 0 saturated heterocycles. The first kappa shape index (κ1) is 84.2. The molecule has 39 nitrogen and oxygen atoms in total. The summed E-state index contributed by atoms with van der Waals surface area (Å²) in [6.45, 7) is 7.85. The number of rotatable bonds is 26. The summed E-state index contributed by atoms with van der Waals surface area (Å²) < 4.78 is 0. The lowest BCUT2D eigenvalue weighted by molar-refractivity contribution is 0.640. The van der Waals surface area contributed by atoms with Crippen LogP contribution in [-0.2, 0) is 45.4 Å². The highest BCUT2D eigenvalue weighted by Crippen LogP contribution is 2.19. The minimum atomic E-state index is 0.299. The molecule has 0 radical (unpaired) electrons. The number of nitrogens with two attached hydrogens (primary N) is 7. The van der Waals surface area contributed by atoms with Crippen LogP contribution in [-0.4, -0.2) is 182 Å². The van der Waals surface area contributed by atoms with Crippen LogP contribution < -0.4 is 40.1 Å². The van der Waals surface area contributed by atoms with Crippen LogP contribution in [0.3, 0.4) is 0 Å². The monoisotopic (exact) mass is 1510 g/mol. The maximum absolute atomic E-state index is 5.56.